The summed E-state index contributed by atoms with van der Waals surface area (Å²) in [7, 11) is 0. The molecule has 0 amide bonds. The van der Waals surface area contributed by atoms with Crippen molar-refractivity contribution in [1.82, 2.24) is 0 Å². The Morgan fingerprint density at radius 2 is 2.18 bits per heavy atom. The lowest BCUT2D eigenvalue weighted by Gasteiger charge is -1.99. The minimum atomic E-state index is -0.562. The lowest BCUT2D eigenvalue weighted by atomic mass is 10.3. The molecule has 0 fully saturated rings. The summed E-state index contributed by atoms with van der Waals surface area (Å²) in [5.74, 6) is 0.922. The largest absolute Gasteiger partial charge is 0.462 e. The van der Waals surface area contributed by atoms with Crippen molar-refractivity contribution in [3.05, 3.63) is 5.57 Å². The molecule has 0 N–H and O–H groups in total. The number of carbonyl (C=O) groups excluding carboxylic acids is 2. The smallest absolute Gasteiger partial charge is 0.344 e. The van der Waals surface area contributed by atoms with Crippen molar-refractivity contribution in [2.45, 2.75) is 26.7 Å². The van der Waals surface area contributed by atoms with Crippen molar-refractivity contribution in [1.29, 1.82) is 0 Å². The summed E-state index contributed by atoms with van der Waals surface area (Å²) >= 11 is 0. The van der Waals surface area contributed by atoms with Gasteiger partial charge in [0.1, 0.15) is 11.5 Å². The van der Waals surface area contributed by atoms with Crippen LogP contribution in [0.4, 0.5) is 0 Å². The van der Waals surface area contributed by atoms with Crippen LogP contribution in [0.2, 0.25) is 0 Å². The summed E-state index contributed by atoms with van der Waals surface area (Å²) in [6.07, 6.45) is 1.80. The van der Waals surface area contributed by atoms with Crippen LogP contribution in [0.3, 0.4) is 0 Å². The van der Waals surface area contributed by atoms with Gasteiger partial charge in [0.05, 0.1) is 6.61 Å². The Morgan fingerprint density at radius 3 is 2.64 bits per heavy atom. The van der Waals surface area contributed by atoms with E-state index in [1.807, 2.05) is 6.92 Å². The quantitative estimate of drug-likeness (QED) is 0.265. The number of esters is 1. The minimum absolute atomic E-state index is 0.00102. The lowest BCUT2D eigenvalue weighted by Crippen LogP contribution is -2.07. The van der Waals surface area contributed by atoms with E-state index in [0.29, 0.717) is 6.61 Å². The molecule has 3 nitrogen and oxygen atoms in total. The summed E-state index contributed by atoms with van der Waals surface area (Å²) in [5.41, 5.74) is 0.00102. The fourth-order valence-corrected chi connectivity index (χ4v) is 0.459. The fraction of sp³-hybridized carbons (Fsp3) is 0.625. The van der Waals surface area contributed by atoms with Crippen LogP contribution in [0.15, 0.2) is 5.57 Å². The molecule has 0 heterocycles. The second-order valence-corrected chi connectivity index (χ2v) is 2.22. The molecule has 0 aliphatic rings. The summed E-state index contributed by atoms with van der Waals surface area (Å²) in [5, 5.41) is 0. The Labute approximate surface area is 66.0 Å². The zero-order chi connectivity index (χ0) is 8.69. The van der Waals surface area contributed by atoms with Gasteiger partial charge in [0.2, 0.25) is 0 Å². The molecule has 3 heteroatoms. The first-order valence-electron chi connectivity index (χ1n) is 3.61. The highest BCUT2D eigenvalue weighted by Gasteiger charge is 2.04. The van der Waals surface area contributed by atoms with Crippen LogP contribution in [0.5, 0.6) is 0 Å². The van der Waals surface area contributed by atoms with E-state index in [4.69, 9.17) is 4.74 Å². The molecule has 0 bridgehead atoms. The van der Waals surface area contributed by atoms with Crippen molar-refractivity contribution >= 4 is 11.9 Å². The topological polar surface area (TPSA) is 43.4 Å². The molecular formula is C8H12O3. The highest BCUT2D eigenvalue weighted by Crippen LogP contribution is 1.93. The third kappa shape index (κ3) is 4.34. The standard InChI is InChI=1S/C8H12O3/c1-3-4-5-11-8(10)7(2)6-9/h3-5H2,1-2H3. The Balaban J connectivity index is 3.62. The maximum absolute atomic E-state index is 10.7. The molecule has 62 valence electrons. The molecule has 11 heavy (non-hydrogen) atoms. The van der Waals surface area contributed by atoms with Gasteiger partial charge >= 0.3 is 5.97 Å². The first-order chi connectivity index (χ1) is 5.22. The van der Waals surface area contributed by atoms with E-state index in [0.717, 1.165) is 12.8 Å². The summed E-state index contributed by atoms with van der Waals surface area (Å²) in [4.78, 5) is 20.6. The predicted molar refractivity (Wildman–Crippen MR) is 40.7 cm³/mol. The second-order valence-electron chi connectivity index (χ2n) is 2.22. The van der Waals surface area contributed by atoms with Crippen LogP contribution in [0.25, 0.3) is 0 Å². The Hall–Kier alpha value is -1.08. The maximum atomic E-state index is 10.7. The van der Waals surface area contributed by atoms with Gasteiger partial charge in [-0.25, -0.2) is 9.59 Å². The molecular weight excluding hydrogens is 144 g/mol. The van der Waals surface area contributed by atoms with Crippen molar-refractivity contribution in [2.75, 3.05) is 6.61 Å². The number of unbranched alkanes of at least 4 members (excludes halogenated alkanes) is 1. The molecule has 0 aliphatic carbocycles. The third-order valence-corrected chi connectivity index (χ3v) is 1.19. The molecule has 0 atom stereocenters. The van der Waals surface area contributed by atoms with Gasteiger partial charge in [0.25, 0.3) is 0 Å². The van der Waals surface area contributed by atoms with Gasteiger partial charge in [0.15, 0.2) is 0 Å². The molecule has 0 aliphatic heterocycles. The highest BCUT2D eigenvalue weighted by molar-refractivity contribution is 5.95. The molecule has 0 saturated carbocycles. The van der Waals surface area contributed by atoms with Crippen LogP contribution in [0.1, 0.15) is 26.7 Å². The van der Waals surface area contributed by atoms with E-state index in [1.165, 1.54) is 12.9 Å². The fourth-order valence-electron chi connectivity index (χ4n) is 0.459. The van der Waals surface area contributed by atoms with Crippen molar-refractivity contribution in [2.24, 2.45) is 0 Å². The van der Waals surface area contributed by atoms with Gasteiger partial charge in [-0.1, -0.05) is 13.3 Å². The number of rotatable bonds is 4. The number of hydrogen-bond acceptors (Lipinski definition) is 3. The average Bonchev–Trinajstić information content (AvgIpc) is 2.03. The number of carbonyl (C=O) groups is 1. The molecule has 0 aromatic heterocycles. The summed E-state index contributed by atoms with van der Waals surface area (Å²) in [6, 6.07) is 0. The normalized spacial score (nSPS) is 8.55. The van der Waals surface area contributed by atoms with E-state index < -0.39 is 5.97 Å². The molecule has 0 rings (SSSR count). The van der Waals surface area contributed by atoms with Crippen molar-refractivity contribution in [3.63, 3.8) is 0 Å². The Morgan fingerprint density at radius 1 is 1.55 bits per heavy atom. The van der Waals surface area contributed by atoms with E-state index >= 15 is 0 Å². The summed E-state index contributed by atoms with van der Waals surface area (Å²) in [6.45, 7) is 3.77. The average molecular weight is 156 g/mol. The van der Waals surface area contributed by atoms with E-state index in [1.54, 1.807) is 0 Å². The summed E-state index contributed by atoms with van der Waals surface area (Å²) < 4.78 is 4.70. The first kappa shape index (κ1) is 9.92. The molecule has 0 aromatic rings. The number of ether oxygens (including phenoxy) is 1. The monoisotopic (exact) mass is 156 g/mol. The Bertz CT molecular complexity index is 178. The van der Waals surface area contributed by atoms with E-state index in [9.17, 15) is 9.59 Å². The zero-order valence-electron chi connectivity index (χ0n) is 6.85. The van der Waals surface area contributed by atoms with Gasteiger partial charge < -0.3 is 4.74 Å². The molecule has 0 aromatic carbocycles. The zero-order valence-corrected chi connectivity index (χ0v) is 6.85. The van der Waals surface area contributed by atoms with Gasteiger partial charge in [0, 0.05) is 0 Å². The molecule has 0 saturated heterocycles. The van der Waals surface area contributed by atoms with Gasteiger partial charge in [-0.05, 0) is 13.3 Å². The molecule has 0 unspecified atom stereocenters. The van der Waals surface area contributed by atoms with Crippen molar-refractivity contribution in [3.8, 4) is 0 Å². The van der Waals surface area contributed by atoms with Crippen molar-refractivity contribution < 1.29 is 14.3 Å². The molecule has 0 radical (unpaired) electrons. The third-order valence-electron chi connectivity index (χ3n) is 1.19. The highest BCUT2D eigenvalue weighted by atomic mass is 16.5. The SMILES string of the molecule is CCCCOC(=O)C(C)=C=O. The second kappa shape index (κ2) is 5.69. The maximum Gasteiger partial charge on any atom is 0.344 e. The molecule has 0 spiro atoms. The first-order valence-corrected chi connectivity index (χ1v) is 3.61. The number of hydrogen-bond donors (Lipinski definition) is 0. The van der Waals surface area contributed by atoms with Crippen LogP contribution in [-0.4, -0.2) is 18.5 Å². The predicted octanol–water partition coefficient (Wildman–Crippen LogP) is 1.11. The van der Waals surface area contributed by atoms with Crippen LogP contribution in [-0.2, 0) is 14.3 Å². The van der Waals surface area contributed by atoms with Gasteiger partial charge in [-0.15, -0.1) is 0 Å². The van der Waals surface area contributed by atoms with Crippen LogP contribution < -0.4 is 0 Å². The lowest BCUT2D eigenvalue weighted by molar-refractivity contribution is -0.138. The van der Waals surface area contributed by atoms with E-state index in [2.05, 4.69) is 0 Å². The van der Waals surface area contributed by atoms with Crippen LogP contribution >= 0.6 is 0 Å². The van der Waals surface area contributed by atoms with Gasteiger partial charge in [-0.3, -0.25) is 0 Å². The minimum Gasteiger partial charge on any atom is -0.462 e. The Kier molecular flexibility index (Phi) is 5.13. The van der Waals surface area contributed by atoms with Gasteiger partial charge in [-0.2, -0.15) is 0 Å². The van der Waals surface area contributed by atoms with Crippen LogP contribution in [0, 0.1) is 0 Å². The van der Waals surface area contributed by atoms with E-state index in [-0.39, 0.29) is 5.57 Å².